The topological polar surface area (TPSA) is 98.0 Å². The molecule has 1 aromatic carbocycles. The SMILES string of the molecule is NC(=O)[C@@H](Cc1ccc2ccccc2n1)NC(=O)c1cccnc1. The highest BCUT2D eigenvalue weighted by Gasteiger charge is 2.20. The number of nitrogens with one attached hydrogen (secondary N) is 1. The highest BCUT2D eigenvalue weighted by molar-refractivity contribution is 5.97. The first-order valence-electron chi connectivity index (χ1n) is 7.48. The lowest BCUT2D eigenvalue weighted by atomic mass is 10.1. The van der Waals surface area contributed by atoms with Crippen LogP contribution in [0.25, 0.3) is 10.9 Å². The Bertz CT molecular complexity index is 880. The number of nitrogens with two attached hydrogens (primary N) is 1. The lowest BCUT2D eigenvalue weighted by molar-refractivity contribution is -0.119. The summed E-state index contributed by atoms with van der Waals surface area (Å²) in [6.07, 6.45) is 3.23. The summed E-state index contributed by atoms with van der Waals surface area (Å²) in [6.45, 7) is 0. The zero-order valence-electron chi connectivity index (χ0n) is 12.8. The van der Waals surface area contributed by atoms with Crippen molar-refractivity contribution in [1.82, 2.24) is 15.3 Å². The van der Waals surface area contributed by atoms with Crippen LogP contribution in [0.3, 0.4) is 0 Å². The minimum absolute atomic E-state index is 0.228. The smallest absolute Gasteiger partial charge is 0.253 e. The molecule has 0 saturated heterocycles. The molecule has 0 radical (unpaired) electrons. The quantitative estimate of drug-likeness (QED) is 0.743. The highest BCUT2D eigenvalue weighted by Crippen LogP contribution is 2.13. The number of nitrogens with zero attached hydrogens (tertiary/aromatic N) is 2. The fourth-order valence-corrected chi connectivity index (χ4v) is 2.39. The molecule has 120 valence electrons. The van der Waals surface area contributed by atoms with Crippen molar-refractivity contribution in [2.45, 2.75) is 12.5 Å². The molecule has 2 aromatic heterocycles. The number of primary amides is 1. The van der Waals surface area contributed by atoms with E-state index in [1.807, 2.05) is 36.4 Å². The first-order valence-corrected chi connectivity index (χ1v) is 7.48. The van der Waals surface area contributed by atoms with E-state index in [1.165, 1.54) is 6.20 Å². The maximum atomic E-state index is 12.2. The van der Waals surface area contributed by atoms with Crippen LogP contribution >= 0.6 is 0 Å². The summed E-state index contributed by atoms with van der Waals surface area (Å²) < 4.78 is 0. The Kier molecular flexibility index (Phi) is 4.47. The van der Waals surface area contributed by atoms with Crippen molar-refractivity contribution >= 4 is 22.7 Å². The molecule has 0 aliphatic rings. The standard InChI is InChI=1S/C18H16N4O2/c19-17(23)16(22-18(24)13-5-3-9-20-11-13)10-14-8-7-12-4-1-2-6-15(12)21-14/h1-9,11,16H,10H2,(H2,19,23)(H,22,24)/t16-/m1/s1. The zero-order valence-corrected chi connectivity index (χ0v) is 12.8. The molecule has 2 amide bonds. The second-order valence-corrected chi connectivity index (χ2v) is 5.37. The molecular weight excluding hydrogens is 304 g/mol. The molecule has 3 rings (SSSR count). The molecule has 24 heavy (non-hydrogen) atoms. The molecule has 0 bridgehead atoms. The van der Waals surface area contributed by atoms with Crippen LogP contribution in [0.15, 0.2) is 60.9 Å². The third-order valence-corrected chi connectivity index (χ3v) is 3.64. The van der Waals surface area contributed by atoms with E-state index in [4.69, 9.17) is 5.73 Å². The Hall–Kier alpha value is -3.28. The molecule has 3 aromatic rings. The van der Waals surface area contributed by atoms with E-state index < -0.39 is 17.9 Å². The van der Waals surface area contributed by atoms with Gasteiger partial charge >= 0.3 is 0 Å². The molecular formula is C18H16N4O2. The van der Waals surface area contributed by atoms with Gasteiger partial charge in [0, 0.05) is 29.9 Å². The number of rotatable bonds is 5. The molecule has 6 nitrogen and oxygen atoms in total. The van der Waals surface area contributed by atoms with E-state index in [2.05, 4.69) is 15.3 Å². The van der Waals surface area contributed by atoms with Gasteiger partial charge in [0.05, 0.1) is 11.1 Å². The van der Waals surface area contributed by atoms with Crippen LogP contribution in [0.1, 0.15) is 16.1 Å². The average Bonchev–Trinajstić information content (AvgIpc) is 2.61. The second-order valence-electron chi connectivity index (χ2n) is 5.37. The third kappa shape index (κ3) is 3.55. The number of amides is 2. The first-order chi connectivity index (χ1) is 11.6. The van der Waals surface area contributed by atoms with Crippen molar-refractivity contribution in [3.05, 3.63) is 72.2 Å². The van der Waals surface area contributed by atoms with Crippen LogP contribution in [0, 0.1) is 0 Å². The number of carbonyl (C=O) groups is 2. The highest BCUT2D eigenvalue weighted by atomic mass is 16.2. The third-order valence-electron chi connectivity index (χ3n) is 3.64. The van der Waals surface area contributed by atoms with Crippen molar-refractivity contribution in [2.24, 2.45) is 5.73 Å². The van der Waals surface area contributed by atoms with E-state index in [1.54, 1.807) is 18.3 Å². The molecule has 6 heteroatoms. The van der Waals surface area contributed by atoms with Gasteiger partial charge in [0.2, 0.25) is 5.91 Å². The Morgan fingerprint density at radius 2 is 1.92 bits per heavy atom. The molecule has 1 atom stereocenters. The number of hydrogen-bond donors (Lipinski definition) is 2. The van der Waals surface area contributed by atoms with E-state index in [0.29, 0.717) is 11.3 Å². The summed E-state index contributed by atoms with van der Waals surface area (Å²) in [7, 11) is 0. The van der Waals surface area contributed by atoms with Crippen LogP contribution in [-0.2, 0) is 11.2 Å². The van der Waals surface area contributed by atoms with Gasteiger partial charge in [-0.05, 0) is 24.3 Å². The largest absolute Gasteiger partial charge is 0.368 e. The fraction of sp³-hybridized carbons (Fsp3) is 0.111. The first kappa shape index (κ1) is 15.6. The average molecular weight is 320 g/mol. The van der Waals surface area contributed by atoms with E-state index in [9.17, 15) is 9.59 Å². The number of carbonyl (C=O) groups excluding carboxylic acids is 2. The molecule has 0 saturated carbocycles. The van der Waals surface area contributed by atoms with E-state index in [0.717, 1.165) is 10.9 Å². The summed E-state index contributed by atoms with van der Waals surface area (Å²) in [5, 5.41) is 3.65. The van der Waals surface area contributed by atoms with Gasteiger partial charge in [-0.1, -0.05) is 24.3 Å². The normalized spacial score (nSPS) is 11.8. The van der Waals surface area contributed by atoms with Gasteiger partial charge in [0.15, 0.2) is 0 Å². The van der Waals surface area contributed by atoms with Gasteiger partial charge in [-0.15, -0.1) is 0 Å². The van der Waals surface area contributed by atoms with Crippen molar-refractivity contribution in [2.75, 3.05) is 0 Å². The fourth-order valence-electron chi connectivity index (χ4n) is 2.39. The van der Waals surface area contributed by atoms with Crippen LogP contribution < -0.4 is 11.1 Å². The number of hydrogen-bond acceptors (Lipinski definition) is 4. The minimum Gasteiger partial charge on any atom is -0.368 e. The summed E-state index contributed by atoms with van der Waals surface area (Å²) in [6, 6.07) is 13.9. The summed E-state index contributed by atoms with van der Waals surface area (Å²) in [5.41, 5.74) is 7.31. The van der Waals surface area contributed by atoms with E-state index >= 15 is 0 Å². The van der Waals surface area contributed by atoms with Gasteiger partial charge in [0.25, 0.3) is 5.91 Å². The van der Waals surface area contributed by atoms with Crippen molar-refractivity contribution in [1.29, 1.82) is 0 Å². The summed E-state index contributed by atoms with van der Waals surface area (Å²) in [4.78, 5) is 32.3. The lowest BCUT2D eigenvalue weighted by Crippen LogP contribution is -2.46. The molecule has 0 unspecified atom stereocenters. The van der Waals surface area contributed by atoms with Crippen molar-refractivity contribution < 1.29 is 9.59 Å². The molecule has 2 heterocycles. The summed E-state index contributed by atoms with van der Waals surface area (Å²) >= 11 is 0. The monoisotopic (exact) mass is 320 g/mol. The molecule has 0 fully saturated rings. The Morgan fingerprint density at radius 1 is 1.08 bits per heavy atom. The maximum absolute atomic E-state index is 12.2. The maximum Gasteiger partial charge on any atom is 0.253 e. The van der Waals surface area contributed by atoms with Gasteiger partial charge in [-0.3, -0.25) is 19.6 Å². The number of para-hydroxylation sites is 1. The number of aromatic nitrogens is 2. The molecule has 0 aliphatic carbocycles. The predicted octanol–water partition coefficient (Wildman–Crippen LogP) is 1.46. The van der Waals surface area contributed by atoms with Crippen molar-refractivity contribution in [3.8, 4) is 0 Å². The Morgan fingerprint density at radius 3 is 2.67 bits per heavy atom. The second kappa shape index (κ2) is 6.87. The van der Waals surface area contributed by atoms with Gasteiger partial charge < -0.3 is 11.1 Å². The molecule has 0 spiro atoms. The van der Waals surface area contributed by atoms with Crippen LogP contribution in [-0.4, -0.2) is 27.8 Å². The van der Waals surface area contributed by atoms with Crippen molar-refractivity contribution in [3.63, 3.8) is 0 Å². The number of benzene rings is 1. The Balaban J connectivity index is 1.78. The molecule has 3 N–H and O–H groups in total. The van der Waals surface area contributed by atoms with Crippen LogP contribution in [0.4, 0.5) is 0 Å². The lowest BCUT2D eigenvalue weighted by Gasteiger charge is -2.15. The van der Waals surface area contributed by atoms with Crippen LogP contribution in [0.2, 0.25) is 0 Å². The van der Waals surface area contributed by atoms with Crippen LogP contribution in [0.5, 0.6) is 0 Å². The Labute approximate surface area is 138 Å². The van der Waals surface area contributed by atoms with Gasteiger partial charge in [0.1, 0.15) is 6.04 Å². The van der Waals surface area contributed by atoms with Gasteiger partial charge in [-0.25, -0.2) is 0 Å². The number of fused-ring (bicyclic) bond motifs is 1. The minimum atomic E-state index is -0.841. The number of pyridine rings is 2. The predicted molar refractivity (Wildman–Crippen MR) is 90.1 cm³/mol. The summed E-state index contributed by atoms with van der Waals surface area (Å²) in [5.74, 6) is -1.00. The zero-order chi connectivity index (χ0) is 16.9. The molecule has 0 aliphatic heterocycles. The van der Waals surface area contributed by atoms with E-state index in [-0.39, 0.29) is 6.42 Å². The van der Waals surface area contributed by atoms with Gasteiger partial charge in [-0.2, -0.15) is 0 Å².